The smallest absolute Gasteiger partial charge is 0.0133 e. The van der Waals surface area contributed by atoms with Crippen LogP contribution in [0.3, 0.4) is 0 Å². The number of rotatable bonds is 2. The summed E-state index contributed by atoms with van der Waals surface area (Å²) in [6.45, 7) is 0. The summed E-state index contributed by atoms with van der Waals surface area (Å²) in [5.74, 6) is 3.32. The van der Waals surface area contributed by atoms with Crippen LogP contribution in [0.15, 0.2) is 11.6 Å². The van der Waals surface area contributed by atoms with Crippen molar-refractivity contribution in [1.29, 1.82) is 0 Å². The Kier molecular flexibility index (Phi) is 1.56. The van der Waals surface area contributed by atoms with Gasteiger partial charge < -0.3 is 0 Å². The second-order valence-corrected chi connectivity index (χ2v) is 4.94. The molecule has 0 spiro atoms. The first-order valence-corrected chi connectivity index (χ1v) is 5.62. The molecule has 2 atom stereocenters. The average molecular weight is 162 g/mol. The van der Waals surface area contributed by atoms with Gasteiger partial charge >= 0.3 is 0 Å². The van der Waals surface area contributed by atoms with Crippen LogP contribution in [0.1, 0.15) is 44.9 Å². The lowest BCUT2D eigenvalue weighted by Crippen LogP contribution is -2.16. The molecule has 3 rings (SSSR count). The Morgan fingerprint density at radius 2 is 1.83 bits per heavy atom. The van der Waals surface area contributed by atoms with Crippen molar-refractivity contribution in [2.75, 3.05) is 0 Å². The minimum atomic E-state index is 1.03. The van der Waals surface area contributed by atoms with Gasteiger partial charge in [0.25, 0.3) is 0 Å². The Hall–Kier alpha value is -0.260. The van der Waals surface area contributed by atoms with E-state index >= 15 is 0 Å². The highest BCUT2D eigenvalue weighted by atomic mass is 14.4. The van der Waals surface area contributed by atoms with E-state index in [1.54, 1.807) is 31.3 Å². The van der Waals surface area contributed by atoms with E-state index < -0.39 is 0 Å². The predicted molar refractivity (Wildman–Crippen MR) is 50.9 cm³/mol. The van der Waals surface area contributed by atoms with E-state index in [1.807, 2.05) is 0 Å². The maximum absolute atomic E-state index is 2.44. The second kappa shape index (κ2) is 2.61. The van der Waals surface area contributed by atoms with Gasteiger partial charge in [0.05, 0.1) is 0 Å². The van der Waals surface area contributed by atoms with Crippen molar-refractivity contribution >= 4 is 0 Å². The summed E-state index contributed by atoms with van der Waals surface area (Å²) in [6, 6.07) is 0. The molecule has 0 nitrogen and oxygen atoms in total. The first kappa shape index (κ1) is 7.17. The predicted octanol–water partition coefficient (Wildman–Crippen LogP) is 3.53. The van der Waals surface area contributed by atoms with E-state index in [1.165, 1.54) is 19.3 Å². The van der Waals surface area contributed by atoms with Gasteiger partial charge in [0.15, 0.2) is 0 Å². The van der Waals surface area contributed by atoms with Crippen molar-refractivity contribution in [1.82, 2.24) is 0 Å². The van der Waals surface area contributed by atoms with E-state index in [2.05, 4.69) is 6.08 Å². The maximum atomic E-state index is 2.44. The molecule has 2 fully saturated rings. The highest BCUT2D eigenvalue weighted by Gasteiger charge is 2.36. The molecule has 3 aliphatic rings. The van der Waals surface area contributed by atoms with Crippen LogP contribution in [0.25, 0.3) is 0 Å². The quantitative estimate of drug-likeness (QED) is 0.545. The van der Waals surface area contributed by atoms with Gasteiger partial charge in [-0.3, -0.25) is 0 Å². The lowest BCUT2D eigenvalue weighted by Gasteiger charge is -2.28. The van der Waals surface area contributed by atoms with Crippen LogP contribution in [-0.4, -0.2) is 0 Å². The summed E-state index contributed by atoms with van der Waals surface area (Å²) in [6.07, 6.45) is 13.0. The van der Waals surface area contributed by atoms with Gasteiger partial charge in [-0.1, -0.05) is 24.5 Å². The van der Waals surface area contributed by atoms with Crippen LogP contribution in [-0.2, 0) is 0 Å². The normalized spacial score (nSPS) is 40.8. The monoisotopic (exact) mass is 162 g/mol. The van der Waals surface area contributed by atoms with E-state index in [0.717, 1.165) is 17.8 Å². The van der Waals surface area contributed by atoms with Crippen molar-refractivity contribution in [3.8, 4) is 0 Å². The Balaban J connectivity index is 1.62. The molecule has 2 saturated carbocycles. The fraction of sp³-hybridized carbons (Fsp3) is 0.833. The van der Waals surface area contributed by atoms with Gasteiger partial charge in [-0.2, -0.15) is 0 Å². The molecule has 0 heterocycles. The third-order valence-electron chi connectivity index (χ3n) is 3.97. The third kappa shape index (κ3) is 1.32. The molecule has 66 valence electrons. The average Bonchev–Trinajstić information content (AvgIpc) is 2.98. The second-order valence-electron chi connectivity index (χ2n) is 4.94. The van der Waals surface area contributed by atoms with E-state index in [4.69, 9.17) is 0 Å². The Morgan fingerprint density at radius 3 is 2.50 bits per heavy atom. The van der Waals surface area contributed by atoms with Crippen molar-refractivity contribution in [3.05, 3.63) is 11.6 Å². The van der Waals surface area contributed by atoms with Gasteiger partial charge in [0.1, 0.15) is 0 Å². The fourth-order valence-electron chi connectivity index (χ4n) is 2.95. The highest BCUT2D eigenvalue weighted by molar-refractivity contribution is 5.25. The summed E-state index contributed by atoms with van der Waals surface area (Å²) >= 11 is 0. The fourth-order valence-corrected chi connectivity index (χ4v) is 2.95. The molecule has 0 aromatic rings. The zero-order chi connectivity index (χ0) is 7.97. The molecule has 2 unspecified atom stereocenters. The van der Waals surface area contributed by atoms with E-state index in [-0.39, 0.29) is 0 Å². The Morgan fingerprint density at radius 1 is 1.00 bits per heavy atom. The SMILES string of the molecule is C1=C(C2CCCC(C3CC3)C2)C1. The van der Waals surface area contributed by atoms with Gasteiger partial charge in [-0.25, -0.2) is 0 Å². The minimum Gasteiger partial charge on any atom is -0.0807 e. The number of hydrogen-bond donors (Lipinski definition) is 0. The highest BCUT2D eigenvalue weighted by Crippen LogP contribution is 2.48. The maximum Gasteiger partial charge on any atom is -0.0133 e. The summed E-state index contributed by atoms with van der Waals surface area (Å²) in [7, 11) is 0. The molecule has 0 radical (unpaired) electrons. The topological polar surface area (TPSA) is 0 Å². The van der Waals surface area contributed by atoms with Crippen molar-refractivity contribution in [2.24, 2.45) is 17.8 Å². The molecule has 0 heteroatoms. The first-order chi connectivity index (χ1) is 5.93. The molecule has 0 amide bonds. The van der Waals surface area contributed by atoms with Gasteiger partial charge in [-0.05, 0) is 49.9 Å². The van der Waals surface area contributed by atoms with E-state index in [0.29, 0.717) is 0 Å². The van der Waals surface area contributed by atoms with Crippen molar-refractivity contribution in [3.63, 3.8) is 0 Å². The molecular weight excluding hydrogens is 144 g/mol. The molecule has 0 bridgehead atoms. The summed E-state index contributed by atoms with van der Waals surface area (Å²) in [5.41, 5.74) is 1.81. The Labute approximate surface area is 75.0 Å². The standard InChI is InChI=1S/C12H18/c1-2-11(9-4-5-9)8-12(3-1)10-6-7-10/h4,10-12H,1-3,5-8H2. The Bertz CT molecular complexity index is 210. The molecule has 0 aromatic carbocycles. The number of allylic oxidation sites excluding steroid dienone is 2. The van der Waals surface area contributed by atoms with Gasteiger partial charge in [0, 0.05) is 0 Å². The van der Waals surface area contributed by atoms with Crippen LogP contribution >= 0.6 is 0 Å². The zero-order valence-electron chi connectivity index (χ0n) is 7.76. The molecule has 0 aromatic heterocycles. The molecule has 0 N–H and O–H groups in total. The van der Waals surface area contributed by atoms with Crippen molar-refractivity contribution in [2.45, 2.75) is 44.9 Å². The van der Waals surface area contributed by atoms with Crippen molar-refractivity contribution < 1.29 is 0 Å². The first-order valence-electron chi connectivity index (χ1n) is 5.62. The van der Waals surface area contributed by atoms with Crippen LogP contribution in [0.4, 0.5) is 0 Å². The summed E-state index contributed by atoms with van der Waals surface area (Å²) in [5, 5.41) is 0. The lowest BCUT2D eigenvalue weighted by atomic mass is 9.78. The zero-order valence-corrected chi connectivity index (χ0v) is 7.76. The van der Waals surface area contributed by atoms with Gasteiger partial charge in [0.2, 0.25) is 0 Å². The summed E-state index contributed by atoms with van der Waals surface area (Å²) < 4.78 is 0. The van der Waals surface area contributed by atoms with E-state index in [9.17, 15) is 0 Å². The third-order valence-corrected chi connectivity index (χ3v) is 3.97. The van der Waals surface area contributed by atoms with Crippen LogP contribution < -0.4 is 0 Å². The molecule has 12 heavy (non-hydrogen) atoms. The number of hydrogen-bond acceptors (Lipinski definition) is 0. The van der Waals surface area contributed by atoms with Gasteiger partial charge in [-0.15, -0.1) is 0 Å². The lowest BCUT2D eigenvalue weighted by molar-refractivity contribution is 0.271. The van der Waals surface area contributed by atoms with Crippen LogP contribution in [0.2, 0.25) is 0 Å². The summed E-state index contributed by atoms with van der Waals surface area (Å²) in [4.78, 5) is 0. The molecule has 0 aliphatic heterocycles. The molecular formula is C12H18. The minimum absolute atomic E-state index is 1.03. The van der Waals surface area contributed by atoms with Crippen LogP contribution in [0, 0.1) is 17.8 Å². The molecule has 0 saturated heterocycles. The largest absolute Gasteiger partial charge is 0.0807 e. The van der Waals surface area contributed by atoms with Crippen LogP contribution in [0.5, 0.6) is 0 Å². The molecule has 3 aliphatic carbocycles.